The predicted octanol–water partition coefficient (Wildman–Crippen LogP) is 3.24. The van der Waals surface area contributed by atoms with Gasteiger partial charge in [0.2, 0.25) is 0 Å². The van der Waals surface area contributed by atoms with Crippen molar-refractivity contribution in [2.24, 2.45) is 11.1 Å². The number of rotatable bonds is 2. The average molecular weight is 317 g/mol. The molecule has 1 amide bonds. The number of nitrogens with two attached hydrogens (primary N) is 1. The number of hydrogen-bond acceptors (Lipinski definition) is 3. The molecule has 0 radical (unpaired) electrons. The summed E-state index contributed by atoms with van der Waals surface area (Å²) in [5.74, 6) is 0.0214. The third-order valence-electron chi connectivity index (χ3n) is 3.84. The number of hydrogen-bond donors (Lipinski definition) is 1. The minimum atomic E-state index is -0.124. The highest BCUT2D eigenvalue weighted by atomic mass is 35.5. The number of nitrogens with zero attached hydrogens (tertiary/aromatic N) is 1. The lowest BCUT2D eigenvalue weighted by atomic mass is 9.80. The zero-order valence-electron chi connectivity index (χ0n) is 11.0. The minimum Gasteiger partial charge on any atom is -0.393 e. The first-order valence-corrected chi connectivity index (χ1v) is 7.84. The van der Waals surface area contributed by atoms with E-state index in [1.807, 2.05) is 17.2 Å². The Hall–Kier alpha value is -0.650. The first kappa shape index (κ1) is 14.8. The first-order chi connectivity index (χ1) is 8.85. The smallest absolute Gasteiger partial charge is 0.265 e. The summed E-state index contributed by atoms with van der Waals surface area (Å²) in [6.45, 7) is 5.34. The topological polar surface area (TPSA) is 46.3 Å². The number of thiocarbonyl (C=S) groups is 1. The third-order valence-corrected chi connectivity index (χ3v) is 6.02. The highest BCUT2D eigenvalue weighted by Gasteiger charge is 2.35. The highest BCUT2D eigenvalue weighted by Crippen LogP contribution is 2.34. The molecule has 1 saturated heterocycles. The number of halogens is 1. The van der Waals surface area contributed by atoms with E-state index in [4.69, 9.17) is 29.6 Å². The summed E-state index contributed by atoms with van der Waals surface area (Å²) < 4.78 is 0. The second-order valence-electron chi connectivity index (χ2n) is 5.28. The lowest BCUT2D eigenvalue weighted by molar-refractivity contribution is 0.0675. The van der Waals surface area contributed by atoms with Crippen LogP contribution in [0.5, 0.6) is 0 Å². The summed E-state index contributed by atoms with van der Waals surface area (Å²) in [5.41, 5.74) is 6.61. The molecule has 0 aromatic carbocycles. The van der Waals surface area contributed by atoms with Crippen LogP contribution in [0.25, 0.3) is 0 Å². The van der Waals surface area contributed by atoms with Crippen LogP contribution in [0.2, 0.25) is 5.02 Å². The van der Waals surface area contributed by atoms with E-state index in [2.05, 4.69) is 6.92 Å². The van der Waals surface area contributed by atoms with Gasteiger partial charge in [-0.2, -0.15) is 0 Å². The molecule has 104 valence electrons. The van der Waals surface area contributed by atoms with Gasteiger partial charge in [0.05, 0.1) is 10.0 Å². The van der Waals surface area contributed by atoms with E-state index in [1.165, 1.54) is 11.3 Å². The van der Waals surface area contributed by atoms with Crippen molar-refractivity contribution in [3.63, 3.8) is 0 Å². The van der Waals surface area contributed by atoms with E-state index in [0.29, 0.717) is 28.0 Å². The Balaban J connectivity index is 2.08. The summed E-state index contributed by atoms with van der Waals surface area (Å²) in [6.07, 6.45) is 1.63. The van der Waals surface area contributed by atoms with Gasteiger partial charge in [0.25, 0.3) is 5.91 Å². The maximum Gasteiger partial charge on any atom is 0.265 e. The predicted molar refractivity (Wildman–Crippen MR) is 84.1 cm³/mol. The molecule has 1 aromatic rings. The molecule has 2 N–H and O–H groups in total. The van der Waals surface area contributed by atoms with Gasteiger partial charge in [0.15, 0.2) is 0 Å². The van der Waals surface area contributed by atoms with E-state index in [1.54, 1.807) is 0 Å². The van der Waals surface area contributed by atoms with Crippen molar-refractivity contribution in [2.45, 2.75) is 26.7 Å². The Morgan fingerprint density at radius 2 is 2.11 bits per heavy atom. The zero-order chi connectivity index (χ0) is 14.2. The molecule has 1 aromatic heterocycles. The van der Waals surface area contributed by atoms with Gasteiger partial charge in [-0.25, -0.2) is 0 Å². The van der Waals surface area contributed by atoms with Crippen molar-refractivity contribution in [1.29, 1.82) is 0 Å². The van der Waals surface area contributed by atoms with Crippen LogP contribution < -0.4 is 5.73 Å². The molecular formula is C13H17ClN2OS2. The molecule has 2 rings (SSSR count). The van der Waals surface area contributed by atoms with Crippen LogP contribution >= 0.6 is 35.2 Å². The van der Waals surface area contributed by atoms with Crippen molar-refractivity contribution in [2.75, 3.05) is 13.1 Å². The van der Waals surface area contributed by atoms with Gasteiger partial charge in [0, 0.05) is 18.5 Å². The highest BCUT2D eigenvalue weighted by molar-refractivity contribution is 7.80. The summed E-state index contributed by atoms with van der Waals surface area (Å²) in [7, 11) is 0. The zero-order valence-corrected chi connectivity index (χ0v) is 13.4. The van der Waals surface area contributed by atoms with Crippen molar-refractivity contribution < 1.29 is 4.79 Å². The van der Waals surface area contributed by atoms with Crippen LogP contribution in [0, 0.1) is 12.3 Å². The van der Waals surface area contributed by atoms with Crippen LogP contribution in [0.3, 0.4) is 0 Å². The summed E-state index contributed by atoms with van der Waals surface area (Å²) >= 11 is 12.7. The van der Waals surface area contributed by atoms with Gasteiger partial charge in [-0.1, -0.05) is 30.7 Å². The number of likely N-dealkylation sites (tertiary alicyclic amines) is 1. The molecule has 0 unspecified atom stereocenters. The average Bonchev–Trinajstić information content (AvgIpc) is 2.70. The van der Waals surface area contributed by atoms with Gasteiger partial charge in [-0.05, 0) is 30.7 Å². The number of carbonyl (C=O) groups is 1. The van der Waals surface area contributed by atoms with Gasteiger partial charge in [-0.3, -0.25) is 4.79 Å². The number of aryl methyl sites for hydroxylation is 1. The molecule has 0 bridgehead atoms. The Labute approximate surface area is 127 Å². The Kier molecular flexibility index (Phi) is 4.18. The summed E-state index contributed by atoms with van der Waals surface area (Å²) in [4.78, 5) is 15.4. The van der Waals surface area contributed by atoms with E-state index >= 15 is 0 Å². The molecule has 0 spiro atoms. The van der Waals surface area contributed by atoms with E-state index in [0.717, 1.165) is 18.4 Å². The number of carbonyl (C=O) groups excluding carboxylic acids is 1. The molecule has 1 aliphatic heterocycles. The normalized spacial score (nSPS) is 18.4. The lowest BCUT2D eigenvalue weighted by Gasteiger charge is -2.38. The maximum atomic E-state index is 12.4. The van der Waals surface area contributed by atoms with Crippen LogP contribution in [-0.2, 0) is 0 Å². The van der Waals surface area contributed by atoms with Crippen LogP contribution in [0.15, 0.2) is 5.38 Å². The molecule has 19 heavy (non-hydrogen) atoms. The van der Waals surface area contributed by atoms with Gasteiger partial charge >= 0.3 is 0 Å². The van der Waals surface area contributed by atoms with Crippen LogP contribution in [-0.4, -0.2) is 28.9 Å². The minimum absolute atomic E-state index is 0.0214. The third kappa shape index (κ3) is 2.78. The molecular weight excluding hydrogens is 300 g/mol. The van der Waals surface area contributed by atoms with Gasteiger partial charge < -0.3 is 10.6 Å². The summed E-state index contributed by atoms with van der Waals surface area (Å²) in [5, 5.41) is 2.50. The number of amides is 1. The second kappa shape index (κ2) is 5.38. The molecule has 3 nitrogen and oxygen atoms in total. The standard InChI is InChI=1S/C13H17ClN2OS2/c1-8-7-19-10(9(8)14)11(17)16-5-3-13(2,4-6-16)12(15)18/h7H,3-6H2,1-2H3,(H2,15,18). The first-order valence-electron chi connectivity index (χ1n) is 6.18. The van der Waals surface area contributed by atoms with Crippen molar-refractivity contribution in [3.8, 4) is 0 Å². The fraction of sp³-hybridized carbons (Fsp3) is 0.538. The van der Waals surface area contributed by atoms with Crippen LogP contribution in [0.4, 0.5) is 0 Å². The molecule has 0 saturated carbocycles. The van der Waals surface area contributed by atoms with Gasteiger partial charge in [0.1, 0.15) is 4.88 Å². The van der Waals surface area contributed by atoms with Crippen molar-refractivity contribution in [3.05, 3.63) is 20.8 Å². The molecule has 6 heteroatoms. The number of thiophene rings is 1. The van der Waals surface area contributed by atoms with Crippen molar-refractivity contribution >= 4 is 46.1 Å². The largest absolute Gasteiger partial charge is 0.393 e. The van der Waals surface area contributed by atoms with E-state index in [9.17, 15) is 4.79 Å². The maximum absolute atomic E-state index is 12.4. The molecule has 2 heterocycles. The molecule has 1 aliphatic rings. The fourth-order valence-corrected chi connectivity index (χ4v) is 3.61. The fourth-order valence-electron chi connectivity index (χ4n) is 2.17. The summed E-state index contributed by atoms with van der Waals surface area (Å²) in [6, 6.07) is 0. The molecule has 1 fully saturated rings. The van der Waals surface area contributed by atoms with Gasteiger partial charge in [-0.15, -0.1) is 11.3 Å². The van der Waals surface area contributed by atoms with E-state index < -0.39 is 0 Å². The lowest BCUT2D eigenvalue weighted by Crippen LogP contribution is -2.46. The Morgan fingerprint density at radius 3 is 2.53 bits per heavy atom. The van der Waals surface area contributed by atoms with E-state index in [-0.39, 0.29) is 11.3 Å². The molecule has 0 atom stereocenters. The number of piperidine rings is 1. The SMILES string of the molecule is Cc1csc(C(=O)N2CCC(C)(C(N)=S)CC2)c1Cl. The quantitative estimate of drug-likeness (QED) is 0.852. The second-order valence-corrected chi connectivity index (χ2v) is 6.98. The Morgan fingerprint density at radius 1 is 1.53 bits per heavy atom. The monoisotopic (exact) mass is 316 g/mol. The van der Waals surface area contributed by atoms with Crippen LogP contribution in [0.1, 0.15) is 35.0 Å². The van der Waals surface area contributed by atoms with Crippen molar-refractivity contribution in [1.82, 2.24) is 4.90 Å². The Bertz CT molecular complexity index is 519. The molecule has 0 aliphatic carbocycles.